The number of hydrogen-bond donors (Lipinski definition) is 6. The van der Waals surface area contributed by atoms with E-state index in [0.29, 0.717) is 5.56 Å². The number of carbonyl (C=O) groups excluding carboxylic acids is 7. The molecule has 0 saturated heterocycles. The van der Waals surface area contributed by atoms with E-state index in [0.717, 1.165) is 0 Å². The molecule has 3 atom stereocenters. The number of ether oxygens (including phenoxy) is 3. The summed E-state index contributed by atoms with van der Waals surface area (Å²) in [6.07, 6.45) is -1.51. The maximum Gasteiger partial charge on any atom is 0.514 e. The van der Waals surface area contributed by atoms with Crippen LogP contribution in [-0.4, -0.2) is 84.2 Å². The summed E-state index contributed by atoms with van der Waals surface area (Å²) < 4.78 is 15.6. The second-order valence-electron chi connectivity index (χ2n) is 13.5. The van der Waals surface area contributed by atoms with Gasteiger partial charge in [-0.05, 0) is 78.5 Å². The number of benzene rings is 1. The van der Waals surface area contributed by atoms with Gasteiger partial charge in [0.2, 0.25) is 29.5 Å². The number of nitrogens with one attached hydrogen (secondary N) is 5. The van der Waals surface area contributed by atoms with Crippen LogP contribution in [0, 0.1) is 5.92 Å². The van der Waals surface area contributed by atoms with Crippen LogP contribution in [-0.2, 0) is 39.9 Å². The van der Waals surface area contributed by atoms with Crippen molar-refractivity contribution in [2.24, 2.45) is 11.7 Å². The van der Waals surface area contributed by atoms with Gasteiger partial charge < -0.3 is 46.5 Å². The number of primary amides is 1. The maximum absolute atomic E-state index is 13.3. The van der Waals surface area contributed by atoms with E-state index in [1.54, 1.807) is 53.7 Å². The summed E-state index contributed by atoms with van der Waals surface area (Å²) in [7, 11) is 0. The minimum atomic E-state index is -1.19. The van der Waals surface area contributed by atoms with Crippen molar-refractivity contribution >= 4 is 41.8 Å². The minimum Gasteiger partial charge on any atom is -0.444 e. The molecule has 1 rings (SSSR count). The molecule has 0 aromatic heterocycles. The molecule has 268 valence electrons. The molecule has 0 aliphatic rings. The lowest BCUT2D eigenvalue weighted by Gasteiger charge is -2.24. The Morgan fingerprint density at radius 2 is 1.27 bits per heavy atom. The smallest absolute Gasteiger partial charge is 0.444 e. The highest BCUT2D eigenvalue weighted by Crippen LogP contribution is 2.17. The van der Waals surface area contributed by atoms with Crippen LogP contribution in [0.3, 0.4) is 0 Å². The zero-order chi connectivity index (χ0) is 36.8. The van der Waals surface area contributed by atoms with E-state index in [2.05, 4.69) is 26.6 Å². The van der Waals surface area contributed by atoms with Gasteiger partial charge in [-0.3, -0.25) is 24.0 Å². The predicted octanol–water partition coefficient (Wildman–Crippen LogP) is 1.19. The lowest BCUT2D eigenvalue weighted by Crippen LogP contribution is -2.55. The quantitative estimate of drug-likeness (QED) is 0.115. The molecular weight excluding hydrogens is 628 g/mol. The second-order valence-corrected chi connectivity index (χ2v) is 13.5. The van der Waals surface area contributed by atoms with Crippen LogP contribution in [0.1, 0.15) is 74.3 Å². The number of alkyl carbamates (subject to hydrolysis) is 1. The summed E-state index contributed by atoms with van der Waals surface area (Å²) in [5.74, 6) is -3.23. The normalized spacial score (nSPS) is 13.2. The van der Waals surface area contributed by atoms with Crippen LogP contribution in [0.2, 0.25) is 0 Å². The summed E-state index contributed by atoms with van der Waals surface area (Å²) in [6.45, 7) is 14.2. The van der Waals surface area contributed by atoms with Crippen molar-refractivity contribution in [3.8, 4) is 5.75 Å². The van der Waals surface area contributed by atoms with Gasteiger partial charge in [0.05, 0.1) is 13.1 Å². The highest BCUT2D eigenvalue weighted by atomic mass is 16.7. The fourth-order valence-corrected chi connectivity index (χ4v) is 3.90. The topological polar surface area (TPSA) is 233 Å². The van der Waals surface area contributed by atoms with Crippen LogP contribution < -0.4 is 37.1 Å². The Labute approximate surface area is 280 Å². The molecule has 0 radical (unpaired) electrons. The van der Waals surface area contributed by atoms with E-state index in [1.165, 1.54) is 19.1 Å². The molecule has 0 spiro atoms. The van der Waals surface area contributed by atoms with E-state index in [9.17, 15) is 33.6 Å². The van der Waals surface area contributed by atoms with Crippen LogP contribution in [0.5, 0.6) is 5.75 Å². The molecule has 16 nitrogen and oxygen atoms in total. The van der Waals surface area contributed by atoms with Crippen molar-refractivity contribution in [3.63, 3.8) is 0 Å². The largest absolute Gasteiger partial charge is 0.514 e. The van der Waals surface area contributed by atoms with E-state index < -0.39 is 84.2 Å². The Hall–Kier alpha value is -4.89. The van der Waals surface area contributed by atoms with Crippen LogP contribution in [0.25, 0.3) is 0 Å². The third kappa shape index (κ3) is 17.7. The Balaban J connectivity index is 2.90. The first-order chi connectivity index (χ1) is 22.0. The monoisotopic (exact) mass is 678 g/mol. The van der Waals surface area contributed by atoms with Crippen LogP contribution >= 0.6 is 0 Å². The van der Waals surface area contributed by atoms with Gasteiger partial charge >= 0.3 is 12.2 Å². The molecule has 1 aromatic rings. The predicted molar refractivity (Wildman–Crippen MR) is 174 cm³/mol. The molecule has 16 heteroatoms. The number of carbonyl (C=O) groups is 7. The Bertz CT molecular complexity index is 1300. The van der Waals surface area contributed by atoms with E-state index >= 15 is 0 Å². The second kappa shape index (κ2) is 18.4. The molecule has 0 heterocycles. The van der Waals surface area contributed by atoms with Crippen molar-refractivity contribution in [3.05, 3.63) is 29.8 Å². The standard InChI is InChI=1S/C32H50N6O10/c1-18(2)14-22(27(42)34-16-24(33)39)37-25(40)17-35-26(41)19(3)36-28(43)23(38-29(44)47-31(4,5)6)15-20-10-12-21(13-11-20)46-30(45)48-32(7,8)9/h10-13,18-19,22-23H,14-17H2,1-9H3,(H2,33,39)(H,34,42)(H,35,41)(H,36,43)(H,37,40)(H,38,44)/t19-,22-,23+/m0/s1. The van der Waals surface area contributed by atoms with E-state index in [4.69, 9.17) is 19.9 Å². The zero-order valence-corrected chi connectivity index (χ0v) is 29.1. The molecule has 6 amide bonds. The third-order valence-electron chi connectivity index (χ3n) is 5.93. The van der Waals surface area contributed by atoms with Crippen LogP contribution in [0.15, 0.2) is 24.3 Å². The lowest BCUT2D eigenvalue weighted by molar-refractivity contribution is -0.132. The molecule has 0 bridgehead atoms. The van der Waals surface area contributed by atoms with E-state index in [-0.39, 0.29) is 24.5 Å². The van der Waals surface area contributed by atoms with Gasteiger partial charge in [-0.2, -0.15) is 0 Å². The van der Waals surface area contributed by atoms with Crippen molar-refractivity contribution in [1.82, 2.24) is 26.6 Å². The van der Waals surface area contributed by atoms with Crippen molar-refractivity contribution in [2.45, 2.75) is 104 Å². The van der Waals surface area contributed by atoms with Gasteiger partial charge in [0.25, 0.3) is 0 Å². The molecule has 0 aliphatic heterocycles. The number of hydrogen-bond acceptors (Lipinski definition) is 10. The zero-order valence-electron chi connectivity index (χ0n) is 29.1. The molecule has 0 unspecified atom stereocenters. The van der Waals surface area contributed by atoms with Crippen LogP contribution in [0.4, 0.5) is 9.59 Å². The summed E-state index contributed by atoms with van der Waals surface area (Å²) in [5, 5.41) is 12.3. The SMILES string of the molecule is CC(C)C[C@H](NC(=O)CNC(=O)[C@H](C)NC(=O)[C@@H](Cc1ccc(OC(=O)OC(C)(C)C)cc1)NC(=O)OC(C)(C)C)C(=O)NCC(N)=O. The first kappa shape index (κ1) is 41.1. The summed E-state index contributed by atoms with van der Waals surface area (Å²) >= 11 is 0. The summed E-state index contributed by atoms with van der Waals surface area (Å²) in [6, 6.07) is 2.88. The van der Waals surface area contributed by atoms with Gasteiger partial charge in [0.1, 0.15) is 35.1 Å². The average Bonchev–Trinajstić information content (AvgIpc) is 2.92. The summed E-state index contributed by atoms with van der Waals surface area (Å²) in [4.78, 5) is 86.5. The van der Waals surface area contributed by atoms with Gasteiger partial charge in [-0.15, -0.1) is 0 Å². The number of amides is 6. The Kier molecular flexibility index (Phi) is 15.8. The van der Waals surface area contributed by atoms with Crippen molar-refractivity contribution in [2.75, 3.05) is 13.1 Å². The minimum absolute atomic E-state index is 0.0187. The fourth-order valence-electron chi connectivity index (χ4n) is 3.90. The van der Waals surface area contributed by atoms with Gasteiger partial charge in [-0.25, -0.2) is 9.59 Å². The number of nitrogens with two attached hydrogens (primary N) is 1. The van der Waals surface area contributed by atoms with Crippen molar-refractivity contribution in [1.29, 1.82) is 0 Å². The van der Waals surface area contributed by atoms with Gasteiger partial charge in [0, 0.05) is 6.42 Å². The van der Waals surface area contributed by atoms with Gasteiger partial charge in [-0.1, -0.05) is 26.0 Å². The molecule has 7 N–H and O–H groups in total. The van der Waals surface area contributed by atoms with Crippen molar-refractivity contribution < 1.29 is 47.8 Å². The third-order valence-corrected chi connectivity index (χ3v) is 5.93. The highest BCUT2D eigenvalue weighted by Gasteiger charge is 2.28. The Morgan fingerprint density at radius 1 is 0.708 bits per heavy atom. The highest BCUT2D eigenvalue weighted by molar-refractivity contribution is 5.94. The molecule has 1 aromatic carbocycles. The van der Waals surface area contributed by atoms with Gasteiger partial charge in [0.15, 0.2) is 0 Å². The van der Waals surface area contributed by atoms with E-state index in [1.807, 2.05) is 13.8 Å². The first-order valence-electron chi connectivity index (χ1n) is 15.5. The molecule has 0 aliphatic carbocycles. The molecule has 48 heavy (non-hydrogen) atoms. The maximum atomic E-state index is 13.3. The Morgan fingerprint density at radius 3 is 1.79 bits per heavy atom. The molecule has 0 fully saturated rings. The molecule has 0 saturated carbocycles. The fraction of sp³-hybridized carbons (Fsp3) is 0.594. The average molecular weight is 679 g/mol. The lowest BCUT2D eigenvalue weighted by atomic mass is 10.0. The summed E-state index contributed by atoms with van der Waals surface area (Å²) in [5.41, 5.74) is 4.05. The number of rotatable bonds is 15. The first-order valence-corrected chi connectivity index (χ1v) is 15.5. The molecular formula is C32H50N6O10.